The normalized spacial score (nSPS) is 18.1. The van der Waals surface area contributed by atoms with Crippen molar-refractivity contribution in [3.63, 3.8) is 0 Å². The molecule has 2 atom stereocenters. The van der Waals surface area contributed by atoms with Crippen molar-refractivity contribution in [1.82, 2.24) is 5.32 Å². The largest absolute Gasteiger partial charge is 0.387 e. The topological polar surface area (TPSA) is 84.6 Å². The van der Waals surface area contributed by atoms with E-state index in [1.54, 1.807) is 0 Å². The van der Waals surface area contributed by atoms with Gasteiger partial charge in [0.1, 0.15) is 0 Å². The average Bonchev–Trinajstić information content (AvgIpc) is 2.58. The van der Waals surface area contributed by atoms with E-state index in [9.17, 15) is 9.90 Å². The first-order chi connectivity index (χ1) is 11.3. The number of aliphatic hydroxyl groups excluding tert-OH is 1. The zero-order valence-electron chi connectivity index (χ0n) is 15.3. The molecule has 1 aromatic carbocycles. The summed E-state index contributed by atoms with van der Waals surface area (Å²) in [5, 5.41) is 13.0. The van der Waals surface area contributed by atoms with Crippen LogP contribution in [0.15, 0.2) is 24.3 Å². The highest BCUT2D eigenvalue weighted by Gasteiger charge is 2.26. The van der Waals surface area contributed by atoms with Gasteiger partial charge in [-0.15, -0.1) is 12.4 Å². The van der Waals surface area contributed by atoms with E-state index in [0.717, 1.165) is 18.4 Å². The maximum Gasteiger partial charge on any atom is 0.237 e. The van der Waals surface area contributed by atoms with Gasteiger partial charge >= 0.3 is 0 Å². The summed E-state index contributed by atoms with van der Waals surface area (Å²) in [4.78, 5) is 12.2. The molecule has 1 aliphatic rings. The predicted molar refractivity (Wildman–Crippen MR) is 102 cm³/mol. The summed E-state index contributed by atoms with van der Waals surface area (Å²) in [5.41, 5.74) is 8.12. The number of nitrogens with two attached hydrogens (primary N) is 1. The minimum Gasteiger partial charge on any atom is -0.387 e. The molecule has 5 nitrogen and oxygen atoms in total. The van der Waals surface area contributed by atoms with E-state index in [1.807, 2.05) is 24.3 Å². The summed E-state index contributed by atoms with van der Waals surface area (Å²) in [7, 11) is 0. The molecule has 2 rings (SSSR count). The molecule has 6 heteroatoms. The van der Waals surface area contributed by atoms with Gasteiger partial charge in [-0.1, -0.05) is 45.0 Å². The fraction of sp³-hybridized carbons (Fsp3) is 0.632. The van der Waals surface area contributed by atoms with Crippen molar-refractivity contribution >= 4 is 18.3 Å². The number of benzene rings is 1. The van der Waals surface area contributed by atoms with Gasteiger partial charge in [0.25, 0.3) is 0 Å². The lowest BCUT2D eigenvalue weighted by Gasteiger charge is -2.27. The van der Waals surface area contributed by atoms with Gasteiger partial charge < -0.3 is 20.9 Å². The van der Waals surface area contributed by atoms with Gasteiger partial charge in [0, 0.05) is 19.8 Å². The van der Waals surface area contributed by atoms with Crippen LogP contribution in [0.1, 0.15) is 50.8 Å². The second-order valence-electron chi connectivity index (χ2n) is 7.61. The van der Waals surface area contributed by atoms with E-state index in [-0.39, 0.29) is 36.2 Å². The number of hydrogen-bond acceptors (Lipinski definition) is 4. The Kier molecular flexibility index (Phi) is 8.35. The van der Waals surface area contributed by atoms with Crippen LogP contribution in [-0.2, 0) is 14.9 Å². The van der Waals surface area contributed by atoms with E-state index in [1.165, 1.54) is 5.56 Å². The predicted octanol–water partition coefficient (Wildman–Crippen LogP) is 2.31. The lowest BCUT2D eigenvalue weighted by atomic mass is 9.86. The van der Waals surface area contributed by atoms with E-state index >= 15 is 0 Å². The molecule has 1 aliphatic heterocycles. The second kappa shape index (κ2) is 9.53. The highest BCUT2D eigenvalue weighted by Crippen LogP contribution is 2.24. The van der Waals surface area contributed by atoms with Gasteiger partial charge in [-0.3, -0.25) is 4.79 Å². The number of rotatable bonds is 5. The van der Waals surface area contributed by atoms with Crippen LogP contribution < -0.4 is 11.1 Å². The Morgan fingerprint density at radius 1 is 1.28 bits per heavy atom. The standard InChI is InChI=1S/C19H30N2O3.ClH/c1-19(2,3)15-6-4-13(5-7-15)16(22)12-21-18(23)17(20)14-8-10-24-11-9-14;/h4-7,14,16-17,22H,8-12,20H2,1-3H3,(H,21,23);1H. The third kappa shape index (κ3) is 6.26. The van der Waals surface area contributed by atoms with E-state index in [0.29, 0.717) is 13.2 Å². The number of amides is 1. The number of nitrogens with one attached hydrogen (secondary N) is 1. The van der Waals surface area contributed by atoms with Crippen molar-refractivity contribution in [3.05, 3.63) is 35.4 Å². The van der Waals surface area contributed by atoms with Gasteiger partial charge in [-0.25, -0.2) is 0 Å². The molecule has 1 fully saturated rings. The van der Waals surface area contributed by atoms with Crippen LogP contribution in [0.5, 0.6) is 0 Å². The molecular weight excluding hydrogens is 340 g/mol. The maximum atomic E-state index is 12.2. The molecular formula is C19H31ClN2O3. The molecule has 25 heavy (non-hydrogen) atoms. The fourth-order valence-corrected chi connectivity index (χ4v) is 2.93. The third-order valence-corrected chi connectivity index (χ3v) is 4.71. The van der Waals surface area contributed by atoms with Gasteiger partial charge in [0.2, 0.25) is 5.91 Å². The van der Waals surface area contributed by atoms with Crippen molar-refractivity contribution in [2.24, 2.45) is 11.7 Å². The van der Waals surface area contributed by atoms with E-state index in [2.05, 4.69) is 26.1 Å². The Bertz CT molecular complexity index is 537. The average molecular weight is 371 g/mol. The van der Waals surface area contributed by atoms with Gasteiger partial charge in [-0.2, -0.15) is 0 Å². The molecule has 4 N–H and O–H groups in total. The molecule has 0 saturated carbocycles. The molecule has 1 saturated heterocycles. The highest BCUT2D eigenvalue weighted by molar-refractivity contribution is 5.85. The number of halogens is 1. The second-order valence-corrected chi connectivity index (χ2v) is 7.61. The number of ether oxygens (including phenoxy) is 1. The fourth-order valence-electron chi connectivity index (χ4n) is 2.93. The van der Waals surface area contributed by atoms with Crippen molar-refractivity contribution in [3.8, 4) is 0 Å². The highest BCUT2D eigenvalue weighted by atomic mass is 35.5. The van der Waals surface area contributed by atoms with Crippen LogP contribution in [0.4, 0.5) is 0 Å². The Morgan fingerprint density at radius 3 is 2.36 bits per heavy atom. The van der Waals surface area contributed by atoms with Crippen LogP contribution in [0.25, 0.3) is 0 Å². The molecule has 0 aliphatic carbocycles. The Morgan fingerprint density at radius 2 is 1.84 bits per heavy atom. The molecule has 0 aromatic heterocycles. The summed E-state index contributed by atoms with van der Waals surface area (Å²) in [5.74, 6) is -0.0470. The lowest BCUT2D eigenvalue weighted by Crippen LogP contribution is -2.47. The molecule has 1 heterocycles. The summed E-state index contributed by atoms with van der Waals surface area (Å²) in [6.07, 6.45) is 0.890. The zero-order valence-corrected chi connectivity index (χ0v) is 16.1. The van der Waals surface area contributed by atoms with Crippen LogP contribution in [0.2, 0.25) is 0 Å². The molecule has 1 amide bonds. The first-order valence-corrected chi connectivity index (χ1v) is 8.68. The minimum atomic E-state index is -0.732. The molecule has 2 unspecified atom stereocenters. The number of carbonyl (C=O) groups is 1. The zero-order chi connectivity index (χ0) is 17.7. The first-order valence-electron chi connectivity index (χ1n) is 8.68. The van der Waals surface area contributed by atoms with E-state index < -0.39 is 12.1 Å². The molecule has 0 bridgehead atoms. The number of hydrogen-bond donors (Lipinski definition) is 3. The smallest absolute Gasteiger partial charge is 0.237 e. The summed E-state index contributed by atoms with van der Waals surface area (Å²) < 4.78 is 5.29. The number of aliphatic hydroxyl groups is 1. The minimum absolute atomic E-state index is 0. The van der Waals surface area contributed by atoms with Crippen LogP contribution in [-0.4, -0.2) is 36.8 Å². The quantitative estimate of drug-likeness (QED) is 0.742. The Labute approximate surface area is 156 Å². The maximum absolute atomic E-state index is 12.2. The van der Waals surface area contributed by atoms with Gasteiger partial charge in [0.05, 0.1) is 12.1 Å². The molecule has 0 spiro atoms. The Balaban J connectivity index is 0.00000312. The van der Waals surface area contributed by atoms with Crippen LogP contribution in [0, 0.1) is 5.92 Å². The monoisotopic (exact) mass is 370 g/mol. The van der Waals surface area contributed by atoms with Crippen molar-refractivity contribution < 1.29 is 14.6 Å². The van der Waals surface area contributed by atoms with Crippen molar-refractivity contribution in [2.45, 2.75) is 51.2 Å². The van der Waals surface area contributed by atoms with Crippen molar-refractivity contribution in [1.29, 1.82) is 0 Å². The Hall–Kier alpha value is -1.14. The van der Waals surface area contributed by atoms with E-state index in [4.69, 9.17) is 10.5 Å². The lowest BCUT2D eigenvalue weighted by molar-refractivity contribution is -0.124. The van der Waals surface area contributed by atoms with Crippen LogP contribution in [0.3, 0.4) is 0 Å². The van der Waals surface area contributed by atoms with Gasteiger partial charge in [-0.05, 0) is 35.3 Å². The molecule has 0 radical (unpaired) electrons. The van der Waals surface area contributed by atoms with Crippen LogP contribution >= 0.6 is 12.4 Å². The number of carbonyl (C=O) groups excluding carboxylic acids is 1. The summed E-state index contributed by atoms with van der Waals surface area (Å²) in [6, 6.07) is 7.33. The third-order valence-electron chi connectivity index (χ3n) is 4.71. The summed E-state index contributed by atoms with van der Waals surface area (Å²) >= 11 is 0. The summed E-state index contributed by atoms with van der Waals surface area (Å²) in [6.45, 7) is 7.94. The SMILES string of the molecule is CC(C)(C)c1ccc(C(O)CNC(=O)C(N)C2CCOCC2)cc1.Cl. The molecule has 142 valence electrons. The van der Waals surface area contributed by atoms with Crippen molar-refractivity contribution in [2.75, 3.05) is 19.8 Å². The molecule has 1 aromatic rings. The first kappa shape index (κ1) is 21.9. The van der Waals surface area contributed by atoms with Gasteiger partial charge in [0.15, 0.2) is 0 Å².